The minimum absolute atomic E-state index is 0. The van der Waals surface area contributed by atoms with E-state index in [-0.39, 0.29) is 30.3 Å². The normalized spacial score (nSPS) is 17.8. The van der Waals surface area contributed by atoms with E-state index >= 15 is 0 Å². The van der Waals surface area contributed by atoms with Gasteiger partial charge >= 0.3 is 6.03 Å². The van der Waals surface area contributed by atoms with Crippen molar-refractivity contribution in [2.24, 2.45) is 5.92 Å². The van der Waals surface area contributed by atoms with E-state index in [2.05, 4.69) is 27.3 Å². The van der Waals surface area contributed by atoms with E-state index in [1.165, 1.54) is 17.5 Å². The number of carbonyl (C=O) groups excluding carboxylic acids is 2. The van der Waals surface area contributed by atoms with Crippen LogP contribution >= 0.6 is 12.4 Å². The monoisotopic (exact) mass is 428 g/mol. The third-order valence-corrected chi connectivity index (χ3v) is 5.70. The number of anilines is 3. The summed E-state index contributed by atoms with van der Waals surface area (Å²) in [4.78, 5) is 25.0. The number of urea groups is 1. The van der Waals surface area contributed by atoms with Crippen molar-refractivity contribution in [2.75, 3.05) is 29.0 Å². The molecule has 1 heterocycles. The largest absolute Gasteiger partial charge is 0.326 e. The predicted octanol–water partition coefficient (Wildman–Crippen LogP) is 4.57. The Balaban J connectivity index is 0.00000256. The van der Waals surface area contributed by atoms with E-state index in [1.807, 2.05) is 30.3 Å². The zero-order valence-corrected chi connectivity index (χ0v) is 17.8. The number of hydrogen-bond donors (Lipinski definition) is 4. The van der Waals surface area contributed by atoms with Gasteiger partial charge in [-0.2, -0.15) is 0 Å². The number of piperidine rings is 1. The quantitative estimate of drug-likeness (QED) is 0.575. The first-order valence-corrected chi connectivity index (χ1v) is 10.5. The summed E-state index contributed by atoms with van der Waals surface area (Å²) in [7, 11) is 0. The Kier molecular flexibility index (Phi) is 7.71. The van der Waals surface area contributed by atoms with E-state index in [0.717, 1.165) is 44.3 Å². The SMILES string of the molecule is Cl.O=C(Nc1cccc(NC(=O)C2CCCNC2)c1)Nc1cccc2c1CCCC2. The van der Waals surface area contributed by atoms with Gasteiger partial charge in [0, 0.05) is 23.6 Å². The second-order valence-electron chi connectivity index (χ2n) is 7.84. The summed E-state index contributed by atoms with van der Waals surface area (Å²) in [6, 6.07) is 13.1. The van der Waals surface area contributed by atoms with Crippen molar-refractivity contribution in [3.63, 3.8) is 0 Å². The number of fused-ring (bicyclic) bond motifs is 1. The molecule has 4 N–H and O–H groups in total. The number of carbonyl (C=O) groups is 2. The number of aryl methyl sites for hydroxylation is 1. The van der Waals surface area contributed by atoms with Crippen molar-refractivity contribution in [2.45, 2.75) is 38.5 Å². The first-order chi connectivity index (χ1) is 14.2. The molecule has 0 aromatic heterocycles. The molecule has 3 amide bonds. The summed E-state index contributed by atoms with van der Waals surface area (Å²) in [5.74, 6) is 0.0163. The number of benzene rings is 2. The molecule has 0 spiro atoms. The maximum Gasteiger partial charge on any atom is 0.323 e. The topological polar surface area (TPSA) is 82.3 Å². The van der Waals surface area contributed by atoms with Crippen LogP contribution in [-0.2, 0) is 17.6 Å². The zero-order chi connectivity index (χ0) is 20.1. The highest BCUT2D eigenvalue weighted by atomic mass is 35.5. The number of hydrogen-bond acceptors (Lipinski definition) is 3. The molecule has 160 valence electrons. The lowest BCUT2D eigenvalue weighted by Gasteiger charge is -2.22. The van der Waals surface area contributed by atoms with Gasteiger partial charge in [-0.25, -0.2) is 4.79 Å². The lowest BCUT2D eigenvalue weighted by molar-refractivity contribution is -0.120. The summed E-state index contributed by atoms with van der Waals surface area (Å²) >= 11 is 0. The average molecular weight is 429 g/mol. The third kappa shape index (κ3) is 5.52. The zero-order valence-electron chi connectivity index (χ0n) is 17.0. The van der Waals surface area contributed by atoms with Gasteiger partial charge in [-0.15, -0.1) is 12.4 Å². The maximum absolute atomic E-state index is 12.5. The molecule has 0 bridgehead atoms. The molecule has 2 aromatic rings. The summed E-state index contributed by atoms with van der Waals surface area (Å²) in [5, 5.41) is 12.1. The average Bonchev–Trinajstić information content (AvgIpc) is 2.75. The second kappa shape index (κ2) is 10.5. The minimum Gasteiger partial charge on any atom is -0.326 e. The van der Waals surface area contributed by atoms with Crippen LogP contribution in [0.2, 0.25) is 0 Å². The fourth-order valence-electron chi connectivity index (χ4n) is 4.18. The molecular formula is C23H29ClN4O2. The van der Waals surface area contributed by atoms with Crippen molar-refractivity contribution in [3.05, 3.63) is 53.6 Å². The molecule has 0 radical (unpaired) electrons. The fourth-order valence-corrected chi connectivity index (χ4v) is 4.18. The minimum atomic E-state index is -0.274. The van der Waals surface area contributed by atoms with Crippen LogP contribution in [0.4, 0.5) is 21.9 Å². The first-order valence-electron chi connectivity index (χ1n) is 10.5. The Morgan fingerprint density at radius 1 is 0.900 bits per heavy atom. The van der Waals surface area contributed by atoms with Gasteiger partial charge in [0.05, 0.1) is 5.92 Å². The Morgan fingerprint density at radius 3 is 2.47 bits per heavy atom. The van der Waals surface area contributed by atoms with Gasteiger partial charge in [0.2, 0.25) is 5.91 Å². The van der Waals surface area contributed by atoms with Crippen LogP contribution in [0.1, 0.15) is 36.8 Å². The van der Waals surface area contributed by atoms with Gasteiger partial charge in [0.25, 0.3) is 0 Å². The standard InChI is InChI=1S/C23H28N4O2.ClH/c28-22(17-8-5-13-24-15-17)25-18-9-4-10-19(14-18)26-23(29)27-21-12-3-7-16-6-1-2-11-20(16)21;/h3-4,7,9-10,12,14,17,24H,1-2,5-6,8,11,13,15H2,(H,25,28)(H2,26,27,29);1H. The Labute approximate surface area is 183 Å². The third-order valence-electron chi connectivity index (χ3n) is 5.70. The Morgan fingerprint density at radius 2 is 1.67 bits per heavy atom. The van der Waals surface area contributed by atoms with Crippen molar-refractivity contribution in [3.8, 4) is 0 Å². The van der Waals surface area contributed by atoms with E-state index in [1.54, 1.807) is 6.07 Å². The van der Waals surface area contributed by atoms with Gasteiger partial charge in [-0.05, 0) is 80.5 Å². The molecule has 1 aliphatic heterocycles. The van der Waals surface area contributed by atoms with E-state index in [0.29, 0.717) is 17.9 Å². The maximum atomic E-state index is 12.5. The van der Waals surface area contributed by atoms with Crippen LogP contribution in [0.3, 0.4) is 0 Å². The highest BCUT2D eigenvalue weighted by molar-refractivity contribution is 6.01. The van der Waals surface area contributed by atoms with Gasteiger partial charge in [-0.1, -0.05) is 18.2 Å². The Bertz CT molecular complexity index is 897. The molecule has 1 aliphatic carbocycles. The van der Waals surface area contributed by atoms with Crippen molar-refractivity contribution >= 4 is 41.4 Å². The molecule has 1 atom stereocenters. The van der Waals surface area contributed by atoms with Crippen molar-refractivity contribution in [1.29, 1.82) is 0 Å². The molecule has 1 fully saturated rings. The van der Waals surface area contributed by atoms with Crippen molar-refractivity contribution < 1.29 is 9.59 Å². The van der Waals surface area contributed by atoms with Crippen molar-refractivity contribution in [1.82, 2.24) is 5.32 Å². The van der Waals surface area contributed by atoms with E-state index in [4.69, 9.17) is 0 Å². The molecule has 30 heavy (non-hydrogen) atoms. The van der Waals surface area contributed by atoms with Gasteiger partial charge < -0.3 is 21.3 Å². The van der Waals surface area contributed by atoms with E-state index < -0.39 is 0 Å². The lowest BCUT2D eigenvalue weighted by Crippen LogP contribution is -2.37. The molecule has 1 saturated heterocycles. The summed E-state index contributed by atoms with van der Waals surface area (Å²) in [5.41, 5.74) is 4.79. The van der Waals surface area contributed by atoms with Crippen LogP contribution in [-0.4, -0.2) is 25.0 Å². The summed E-state index contributed by atoms with van der Waals surface area (Å²) in [6.45, 7) is 1.69. The molecular weight excluding hydrogens is 400 g/mol. The highest BCUT2D eigenvalue weighted by Gasteiger charge is 2.21. The van der Waals surface area contributed by atoms with Crippen LogP contribution in [0.15, 0.2) is 42.5 Å². The van der Waals surface area contributed by atoms with Gasteiger partial charge in [0.1, 0.15) is 0 Å². The highest BCUT2D eigenvalue weighted by Crippen LogP contribution is 2.28. The molecule has 4 rings (SSSR count). The van der Waals surface area contributed by atoms with Crippen LogP contribution < -0.4 is 21.3 Å². The summed E-state index contributed by atoms with van der Waals surface area (Å²) < 4.78 is 0. The molecule has 2 aromatic carbocycles. The van der Waals surface area contributed by atoms with Crippen LogP contribution in [0, 0.1) is 5.92 Å². The first kappa shape index (κ1) is 22.1. The fraction of sp³-hybridized carbons (Fsp3) is 0.391. The second-order valence-corrected chi connectivity index (χ2v) is 7.84. The molecule has 1 unspecified atom stereocenters. The molecule has 0 saturated carbocycles. The summed E-state index contributed by atoms with van der Waals surface area (Å²) in [6.07, 6.45) is 6.36. The molecule has 6 nitrogen and oxygen atoms in total. The van der Waals surface area contributed by atoms with Crippen LogP contribution in [0.5, 0.6) is 0 Å². The molecule has 7 heteroatoms. The number of halogens is 1. The molecule has 2 aliphatic rings. The van der Waals surface area contributed by atoms with Crippen LogP contribution in [0.25, 0.3) is 0 Å². The van der Waals surface area contributed by atoms with E-state index in [9.17, 15) is 9.59 Å². The van der Waals surface area contributed by atoms with Gasteiger partial charge in [0.15, 0.2) is 0 Å². The lowest BCUT2D eigenvalue weighted by atomic mass is 9.90. The Hall–Kier alpha value is -2.57. The predicted molar refractivity (Wildman–Crippen MR) is 124 cm³/mol. The number of amides is 3. The van der Waals surface area contributed by atoms with Gasteiger partial charge in [-0.3, -0.25) is 4.79 Å². The number of rotatable bonds is 4. The smallest absolute Gasteiger partial charge is 0.323 e. The number of nitrogens with one attached hydrogen (secondary N) is 4.